The molecule has 1 nitrogen and oxygen atoms in total. The van der Waals surface area contributed by atoms with Gasteiger partial charge in [0.15, 0.2) is 0 Å². The lowest BCUT2D eigenvalue weighted by Crippen LogP contribution is -2.17. The summed E-state index contributed by atoms with van der Waals surface area (Å²) in [4.78, 5) is 2.90. The molecule has 0 radical (unpaired) electrons. The molecule has 2 heteroatoms. The van der Waals surface area contributed by atoms with Crippen LogP contribution in [0, 0.1) is 13.8 Å². The molecule has 0 saturated carbocycles. The highest BCUT2D eigenvalue weighted by Gasteiger charge is 2.16. The first-order valence-electron chi connectivity index (χ1n) is 7.52. The van der Waals surface area contributed by atoms with Gasteiger partial charge in [-0.1, -0.05) is 18.2 Å². The second-order valence-electron chi connectivity index (χ2n) is 5.89. The molecule has 1 N–H and O–H groups in total. The summed E-state index contributed by atoms with van der Waals surface area (Å²) in [5, 5.41) is 3.49. The van der Waals surface area contributed by atoms with Crippen LogP contribution in [-0.2, 0) is 19.3 Å². The maximum atomic E-state index is 3.49. The summed E-state index contributed by atoms with van der Waals surface area (Å²) in [5.41, 5.74) is 6.03. The Morgan fingerprint density at radius 3 is 2.65 bits per heavy atom. The summed E-state index contributed by atoms with van der Waals surface area (Å²) in [6, 6.07) is 9.87. The van der Waals surface area contributed by atoms with Gasteiger partial charge in [-0.2, -0.15) is 0 Å². The third-order valence-corrected chi connectivity index (χ3v) is 5.75. The van der Waals surface area contributed by atoms with Crippen LogP contribution in [0.5, 0.6) is 0 Å². The van der Waals surface area contributed by atoms with Crippen LogP contribution in [0.4, 0.5) is 0 Å². The zero-order valence-corrected chi connectivity index (χ0v) is 13.4. The molecule has 1 aliphatic carbocycles. The Bertz CT molecular complexity index is 592. The number of thiophene rings is 1. The molecule has 0 saturated heterocycles. The molecule has 1 atom stereocenters. The van der Waals surface area contributed by atoms with Crippen LogP contribution < -0.4 is 5.32 Å². The molecule has 106 valence electrons. The lowest BCUT2D eigenvalue weighted by atomic mass is 10.00. The van der Waals surface area contributed by atoms with Gasteiger partial charge in [0.2, 0.25) is 0 Å². The van der Waals surface area contributed by atoms with Gasteiger partial charge in [0.25, 0.3) is 0 Å². The zero-order chi connectivity index (χ0) is 14.1. The van der Waals surface area contributed by atoms with Crippen molar-refractivity contribution in [2.45, 2.75) is 45.6 Å². The topological polar surface area (TPSA) is 12.0 Å². The Morgan fingerprint density at radius 2 is 1.95 bits per heavy atom. The molecule has 0 amide bonds. The Labute approximate surface area is 126 Å². The number of likely N-dealkylation sites (N-methyl/N-ethyl adjacent to an activating group) is 1. The van der Waals surface area contributed by atoms with E-state index in [1.54, 1.807) is 11.1 Å². The van der Waals surface area contributed by atoms with E-state index in [9.17, 15) is 0 Å². The number of hydrogen-bond donors (Lipinski definition) is 1. The van der Waals surface area contributed by atoms with Gasteiger partial charge in [-0.25, -0.2) is 0 Å². The van der Waals surface area contributed by atoms with Gasteiger partial charge < -0.3 is 5.32 Å². The number of rotatable bonds is 4. The van der Waals surface area contributed by atoms with Gasteiger partial charge >= 0.3 is 0 Å². The third kappa shape index (κ3) is 2.68. The first-order valence-corrected chi connectivity index (χ1v) is 8.34. The predicted octanol–water partition coefficient (Wildman–Crippen LogP) is 4.36. The first kappa shape index (κ1) is 13.8. The molecule has 2 aromatic rings. The van der Waals surface area contributed by atoms with Crippen molar-refractivity contribution in [1.29, 1.82) is 0 Å². The van der Waals surface area contributed by atoms with E-state index in [1.807, 2.05) is 11.3 Å². The fraction of sp³-hybridized carbons (Fsp3) is 0.444. The quantitative estimate of drug-likeness (QED) is 0.880. The van der Waals surface area contributed by atoms with E-state index < -0.39 is 0 Å². The van der Waals surface area contributed by atoms with Crippen molar-refractivity contribution >= 4 is 11.3 Å². The lowest BCUT2D eigenvalue weighted by molar-refractivity contribution is 0.601. The Kier molecular flexibility index (Phi) is 3.95. The second kappa shape index (κ2) is 5.71. The van der Waals surface area contributed by atoms with Crippen molar-refractivity contribution in [3.63, 3.8) is 0 Å². The van der Waals surface area contributed by atoms with Crippen LogP contribution in [-0.4, -0.2) is 7.05 Å². The summed E-state index contributed by atoms with van der Waals surface area (Å²) in [6.45, 7) is 4.42. The van der Waals surface area contributed by atoms with Crippen LogP contribution in [0.3, 0.4) is 0 Å². The molecule has 1 aliphatic rings. The molecule has 1 aromatic carbocycles. The van der Waals surface area contributed by atoms with E-state index in [4.69, 9.17) is 0 Å². The maximum absolute atomic E-state index is 3.49. The summed E-state index contributed by atoms with van der Waals surface area (Å²) >= 11 is 1.93. The van der Waals surface area contributed by atoms with Crippen LogP contribution >= 0.6 is 11.3 Å². The predicted molar refractivity (Wildman–Crippen MR) is 87.8 cm³/mol. The van der Waals surface area contributed by atoms with E-state index >= 15 is 0 Å². The highest BCUT2D eigenvalue weighted by Crippen LogP contribution is 2.30. The van der Waals surface area contributed by atoms with Crippen molar-refractivity contribution in [3.8, 4) is 0 Å². The van der Waals surface area contributed by atoms with Crippen LogP contribution in [0.15, 0.2) is 24.3 Å². The second-order valence-corrected chi connectivity index (χ2v) is 7.18. The highest BCUT2D eigenvalue weighted by molar-refractivity contribution is 7.12. The summed E-state index contributed by atoms with van der Waals surface area (Å²) in [7, 11) is 2.07. The normalized spacial score (nSPS) is 15.3. The van der Waals surface area contributed by atoms with Crippen molar-refractivity contribution in [1.82, 2.24) is 5.32 Å². The summed E-state index contributed by atoms with van der Waals surface area (Å²) in [6.07, 6.45) is 4.96. The Hall–Kier alpha value is -1.12. The molecule has 1 aromatic heterocycles. The van der Waals surface area contributed by atoms with Crippen molar-refractivity contribution in [2.75, 3.05) is 7.05 Å². The molecule has 0 bridgehead atoms. The molecule has 0 spiro atoms. The average molecular weight is 285 g/mol. The van der Waals surface area contributed by atoms with E-state index in [2.05, 4.69) is 50.5 Å². The highest BCUT2D eigenvalue weighted by atomic mass is 32.1. The molecular formula is C18H23NS. The number of aryl methyl sites for hydroxylation is 4. The molecule has 3 rings (SSSR count). The maximum Gasteiger partial charge on any atom is 0.0453 e. The zero-order valence-electron chi connectivity index (χ0n) is 12.6. The van der Waals surface area contributed by atoms with E-state index in [0.29, 0.717) is 6.04 Å². The third-order valence-electron chi connectivity index (χ3n) is 4.48. The van der Waals surface area contributed by atoms with Gasteiger partial charge in [-0.05, 0) is 74.9 Å². The number of benzene rings is 1. The fourth-order valence-corrected chi connectivity index (χ4v) is 4.26. The van der Waals surface area contributed by atoms with Gasteiger partial charge in [-0.15, -0.1) is 11.3 Å². The first-order chi connectivity index (χ1) is 9.67. The van der Waals surface area contributed by atoms with Crippen molar-refractivity contribution < 1.29 is 0 Å². The summed E-state index contributed by atoms with van der Waals surface area (Å²) in [5.74, 6) is 0. The largest absolute Gasteiger partial charge is 0.312 e. The monoisotopic (exact) mass is 285 g/mol. The smallest absolute Gasteiger partial charge is 0.0453 e. The number of nitrogens with one attached hydrogen (secondary N) is 1. The van der Waals surface area contributed by atoms with Crippen LogP contribution in [0.2, 0.25) is 0 Å². The van der Waals surface area contributed by atoms with Crippen molar-refractivity contribution in [3.05, 3.63) is 56.3 Å². The van der Waals surface area contributed by atoms with Crippen molar-refractivity contribution in [2.24, 2.45) is 0 Å². The number of hydrogen-bond acceptors (Lipinski definition) is 2. The number of fused-ring (bicyclic) bond motifs is 1. The van der Waals surface area contributed by atoms with Gasteiger partial charge in [0, 0.05) is 15.8 Å². The molecule has 1 unspecified atom stereocenters. The van der Waals surface area contributed by atoms with Gasteiger partial charge in [0.1, 0.15) is 0 Å². The van der Waals surface area contributed by atoms with Gasteiger partial charge in [0.05, 0.1) is 0 Å². The minimum absolute atomic E-state index is 0.437. The molecule has 1 heterocycles. The van der Waals surface area contributed by atoms with E-state index in [1.165, 1.54) is 40.1 Å². The lowest BCUT2D eigenvalue weighted by Gasteiger charge is -2.15. The van der Waals surface area contributed by atoms with Gasteiger partial charge in [-0.3, -0.25) is 0 Å². The Morgan fingerprint density at radius 1 is 1.15 bits per heavy atom. The minimum atomic E-state index is 0.437. The molecule has 0 fully saturated rings. The summed E-state index contributed by atoms with van der Waals surface area (Å²) < 4.78 is 0. The Balaban J connectivity index is 1.81. The molecule has 0 aliphatic heterocycles. The van der Waals surface area contributed by atoms with E-state index in [0.717, 1.165) is 6.42 Å². The minimum Gasteiger partial charge on any atom is -0.312 e. The van der Waals surface area contributed by atoms with Crippen LogP contribution in [0.25, 0.3) is 0 Å². The SMILES string of the molecule is CNC(Cc1ccc2c(c1)CCC2)c1cc(C)c(C)s1. The fourth-order valence-electron chi connectivity index (χ4n) is 3.11. The van der Waals surface area contributed by atoms with Crippen LogP contribution in [0.1, 0.15) is 44.5 Å². The standard InChI is InChI=1S/C18H23NS/c1-12-9-18(20-13(12)2)17(19-3)11-14-7-8-15-5-4-6-16(15)10-14/h7-10,17,19H,4-6,11H2,1-3H3. The van der Waals surface area contributed by atoms with E-state index in [-0.39, 0.29) is 0 Å². The molecule has 20 heavy (non-hydrogen) atoms. The molecular weight excluding hydrogens is 262 g/mol. The average Bonchev–Trinajstić information content (AvgIpc) is 3.03.